The van der Waals surface area contributed by atoms with Crippen molar-refractivity contribution < 1.29 is 10.2 Å². The number of unbranched alkanes of at least 4 members (excludes halogenated alkanes) is 18. The van der Waals surface area contributed by atoms with Crippen molar-refractivity contribution in [3.63, 3.8) is 0 Å². The Hall–Kier alpha value is -0.840. The van der Waals surface area contributed by atoms with Crippen molar-refractivity contribution in [3.05, 3.63) is 24.3 Å². The van der Waals surface area contributed by atoms with Gasteiger partial charge in [-0.25, -0.2) is 0 Å². The minimum atomic E-state index is -0.364. The first-order chi connectivity index (χ1) is 29.5. The summed E-state index contributed by atoms with van der Waals surface area (Å²) in [5.74, 6) is 1.12. The molecule has 4 atom stereocenters. The molecule has 4 unspecified atom stereocenters. The zero-order valence-electron chi connectivity index (χ0n) is 40.3. The molecule has 60 heavy (non-hydrogen) atoms. The van der Waals surface area contributed by atoms with E-state index in [0.717, 1.165) is 51.9 Å². The summed E-state index contributed by atoms with van der Waals surface area (Å²) in [6.07, 6.45) is 46.8. The minimum absolute atomic E-state index is 0.364. The van der Waals surface area contributed by atoms with Crippen LogP contribution in [-0.4, -0.2) is 111 Å². The van der Waals surface area contributed by atoms with Crippen LogP contribution in [0.25, 0.3) is 0 Å². The number of aliphatic hydroxyl groups is 2. The number of hydrogen-bond donors (Lipinski definition) is 6. The number of nitrogens with zero attached hydrogens (tertiary/aromatic N) is 2. The average molecular weight is 847 g/mol. The molecule has 8 nitrogen and oxygen atoms in total. The number of aliphatic hydroxyl groups excluding tert-OH is 2. The van der Waals surface area contributed by atoms with Gasteiger partial charge in [0.2, 0.25) is 0 Å². The molecule has 0 amide bonds. The van der Waals surface area contributed by atoms with Crippen LogP contribution in [0, 0.1) is 11.8 Å². The van der Waals surface area contributed by atoms with Crippen LogP contribution in [0.3, 0.4) is 0 Å². The summed E-state index contributed by atoms with van der Waals surface area (Å²) in [7, 11) is 0. The van der Waals surface area contributed by atoms with Crippen LogP contribution in [0.2, 0.25) is 0 Å². The molecule has 356 valence electrons. The third kappa shape index (κ3) is 37.7. The lowest BCUT2D eigenvalue weighted by molar-refractivity contribution is 0.129. The second-order valence-electron chi connectivity index (χ2n) is 18.8. The van der Waals surface area contributed by atoms with E-state index < -0.39 is 0 Å². The van der Waals surface area contributed by atoms with Crippen molar-refractivity contribution in [2.75, 3.05) is 78.5 Å². The maximum atomic E-state index is 10.3. The van der Waals surface area contributed by atoms with Crippen LogP contribution in [0.5, 0.6) is 0 Å². The van der Waals surface area contributed by atoms with Gasteiger partial charge in [0, 0.05) is 39.3 Å². The first kappa shape index (κ1) is 57.2. The summed E-state index contributed by atoms with van der Waals surface area (Å²) in [6, 6.07) is 0. The molecule has 0 aromatic carbocycles. The molecule has 1 heterocycles. The monoisotopic (exact) mass is 847 g/mol. The van der Waals surface area contributed by atoms with Crippen molar-refractivity contribution in [2.24, 2.45) is 23.3 Å². The number of nitrogens with one attached hydrogen (secondary N) is 2. The fraction of sp³-hybridized carbons (Fsp3) is 0.923. The normalized spacial score (nSPS) is 16.4. The van der Waals surface area contributed by atoms with Gasteiger partial charge in [-0.15, -0.1) is 0 Å². The van der Waals surface area contributed by atoms with Crippen LogP contribution in [-0.2, 0) is 0 Å². The number of rotatable bonds is 46. The van der Waals surface area contributed by atoms with E-state index in [0.29, 0.717) is 24.9 Å². The Morgan fingerprint density at radius 3 is 1.12 bits per heavy atom. The van der Waals surface area contributed by atoms with Gasteiger partial charge in [-0.2, -0.15) is 0 Å². The molecule has 0 radical (unpaired) electrons. The maximum Gasteiger partial charge on any atom is 0.0665 e. The highest BCUT2D eigenvalue weighted by Crippen LogP contribution is 2.21. The summed E-state index contributed by atoms with van der Waals surface area (Å²) >= 11 is 0. The fourth-order valence-corrected chi connectivity index (χ4v) is 8.98. The first-order valence-corrected chi connectivity index (χ1v) is 26.4. The molecule has 0 aliphatic carbocycles. The van der Waals surface area contributed by atoms with Crippen molar-refractivity contribution >= 4 is 0 Å². The van der Waals surface area contributed by atoms with E-state index in [-0.39, 0.29) is 12.2 Å². The predicted molar refractivity (Wildman–Crippen MR) is 264 cm³/mol. The third-order valence-corrected chi connectivity index (χ3v) is 13.1. The van der Waals surface area contributed by atoms with Gasteiger partial charge in [-0.1, -0.05) is 141 Å². The highest BCUT2D eigenvalue weighted by molar-refractivity contribution is 4.82. The molecule has 1 aliphatic rings. The summed E-state index contributed by atoms with van der Waals surface area (Å²) in [5.41, 5.74) is 11.6. The standard InChI is InChI=1S/C52H106N6O2/c1-3-5-7-9-11-13-15-17-19-21-23-25-27-31-49(45-51(59)47-53)33-37-55-35-29-39-57-41-43-58(44-42-57)40-30-36-56-38-34-50(46-52(60)48-54)32-28-26-24-22-20-18-16-14-12-10-8-6-4-2/h17-20,49-52,55-56,59-60H,3-16,21-48,53-54H2,1-2H3/b19-17-,20-18-. The van der Waals surface area contributed by atoms with Crippen molar-refractivity contribution in [3.8, 4) is 0 Å². The highest BCUT2D eigenvalue weighted by atomic mass is 16.3. The zero-order chi connectivity index (χ0) is 43.4. The summed E-state index contributed by atoms with van der Waals surface area (Å²) in [6.45, 7) is 16.6. The van der Waals surface area contributed by atoms with Crippen molar-refractivity contribution in [1.29, 1.82) is 0 Å². The van der Waals surface area contributed by atoms with Gasteiger partial charge in [-0.3, -0.25) is 0 Å². The summed E-state index contributed by atoms with van der Waals surface area (Å²) in [5, 5.41) is 28.0. The zero-order valence-corrected chi connectivity index (χ0v) is 40.3. The van der Waals surface area contributed by atoms with Gasteiger partial charge >= 0.3 is 0 Å². The molecule has 0 bridgehead atoms. The Labute approximate surface area is 374 Å². The lowest BCUT2D eigenvalue weighted by Gasteiger charge is -2.34. The van der Waals surface area contributed by atoms with Gasteiger partial charge in [0.05, 0.1) is 12.2 Å². The molecule has 0 spiro atoms. The molecule has 0 saturated carbocycles. The topological polar surface area (TPSA) is 123 Å². The lowest BCUT2D eigenvalue weighted by atomic mass is 9.91. The number of allylic oxidation sites excluding steroid dienone is 4. The van der Waals surface area contributed by atoms with Gasteiger partial charge in [-0.05, 0) is 141 Å². The van der Waals surface area contributed by atoms with E-state index in [1.807, 2.05) is 0 Å². The predicted octanol–water partition coefficient (Wildman–Crippen LogP) is 10.5. The van der Waals surface area contributed by atoms with Crippen LogP contribution in [0.4, 0.5) is 0 Å². The summed E-state index contributed by atoms with van der Waals surface area (Å²) < 4.78 is 0. The lowest BCUT2D eigenvalue weighted by Crippen LogP contribution is -2.47. The molecule has 0 aromatic heterocycles. The Balaban J connectivity index is 2.08. The van der Waals surface area contributed by atoms with E-state index in [2.05, 4.69) is 58.6 Å². The van der Waals surface area contributed by atoms with E-state index in [1.54, 1.807) is 0 Å². The van der Waals surface area contributed by atoms with Crippen LogP contribution < -0.4 is 22.1 Å². The van der Waals surface area contributed by atoms with E-state index in [1.165, 1.54) is 206 Å². The SMILES string of the molecule is CCCCCCCC/C=C\CCCCCC(CCNCCCN1CCN(CCCNCCC(CCCCC/C=C\CCCCCCCC)CC(O)CN)CC1)CC(O)CN. The van der Waals surface area contributed by atoms with Crippen LogP contribution in [0.15, 0.2) is 24.3 Å². The first-order valence-electron chi connectivity index (χ1n) is 26.4. The van der Waals surface area contributed by atoms with Crippen molar-refractivity contribution in [2.45, 2.75) is 219 Å². The van der Waals surface area contributed by atoms with Gasteiger partial charge in [0.1, 0.15) is 0 Å². The minimum Gasteiger partial charge on any atom is -0.392 e. The van der Waals surface area contributed by atoms with Crippen LogP contribution in [0.1, 0.15) is 206 Å². The molecular formula is C52H106N6O2. The van der Waals surface area contributed by atoms with Gasteiger partial charge in [0.15, 0.2) is 0 Å². The fourth-order valence-electron chi connectivity index (χ4n) is 8.98. The molecule has 1 rings (SSSR count). The number of hydrogen-bond acceptors (Lipinski definition) is 8. The van der Waals surface area contributed by atoms with E-state index in [4.69, 9.17) is 11.5 Å². The Kier molecular flexibility index (Phi) is 42.6. The number of nitrogens with two attached hydrogens (primary N) is 2. The number of piperazine rings is 1. The molecule has 1 aliphatic heterocycles. The summed E-state index contributed by atoms with van der Waals surface area (Å²) in [4.78, 5) is 5.29. The molecule has 0 aromatic rings. The van der Waals surface area contributed by atoms with E-state index >= 15 is 0 Å². The maximum absolute atomic E-state index is 10.3. The van der Waals surface area contributed by atoms with Crippen molar-refractivity contribution in [1.82, 2.24) is 20.4 Å². The van der Waals surface area contributed by atoms with Gasteiger partial charge < -0.3 is 42.1 Å². The quantitative estimate of drug-likeness (QED) is 0.0265. The third-order valence-electron chi connectivity index (χ3n) is 13.1. The molecule has 8 N–H and O–H groups in total. The molecular weight excluding hydrogens is 741 g/mol. The van der Waals surface area contributed by atoms with E-state index in [9.17, 15) is 10.2 Å². The van der Waals surface area contributed by atoms with Crippen LogP contribution >= 0.6 is 0 Å². The Morgan fingerprint density at radius 2 is 0.767 bits per heavy atom. The smallest absolute Gasteiger partial charge is 0.0665 e. The Morgan fingerprint density at radius 1 is 0.433 bits per heavy atom. The second-order valence-corrected chi connectivity index (χ2v) is 18.8. The molecule has 1 saturated heterocycles. The molecule has 1 fully saturated rings. The second kappa shape index (κ2) is 44.8. The Bertz CT molecular complexity index is 841. The van der Waals surface area contributed by atoms with Gasteiger partial charge in [0.25, 0.3) is 0 Å². The average Bonchev–Trinajstić information content (AvgIpc) is 3.26. The largest absolute Gasteiger partial charge is 0.392 e. The molecule has 8 heteroatoms. The highest BCUT2D eigenvalue weighted by Gasteiger charge is 2.17.